The molecule has 0 spiro atoms. The molecule has 15 heavy (non-hydrogen) atoms. The van der Waals surface area contributed by atoms with Gasteiger partial charge in [-0.15, -0.1) is 0 Å². The second-order valence-corrected chi connectivity index (χ2v) is 2.95. The van der Waals surface area contributed by atoms with Crippen LogP contribution in [0.5, 0.6) is 5.75 Å². The highest BCUT2D eigenvalue weighted by Gasteiger charge is 2.22. The van der Waals surface area contributed by atoms with Crippen LogP contribution in [-0.4, -0.2) is 18.0 Å². The van der Waals surface area contributed by atoms with Crippen LogP contribution in [0.25, 0.3) is 0 Å². The summed E-state index contributed by atoms with van der Waals surface area (Å²) in [4.78, 5) is 14.2. The highest BCUT2D eigenvalue weighted by atomic mass is 35.5. The van der Waals surface area contributed by atoms with Gasteiger partial charge in [0.05, 0.1) is 17.7 Å². The molecule has 0 saturated heterocycles. The monoisotopic (exact) mass is 236 g/mol. The van der Waals surface area contributed by atoms with E-state index in [1.165, 1.54) is 0 Å². The van der Waals surface area contributed by atoms with Crippen molar-refractivity contribution in [2.45, 2.75) is 6.43 Å². The van der Waals surface area contributed by atoms with Gasteiger partial charge in [-0.05, 0) is 0 Å². The van der Waals surface area contributed by atoms with Crippen LogP contribution in [0.1, 0.15) is 22.5 Å². The number of rotatable bonds is 3. The predicted octanol–water partition coefficient (Wildman–Crippen LogP) is 1.78. The third-order valence-electron chi connectivity index (χ3n) is 1.68. The Kier molecular flexibility index (Phi) is 3.41. The van der Waals surface area contributed by atoms with E-state index in [1.807, 2.05) is 0 Å². The second kappa shape index (κ2) is 4.39. The number of hydrogen-bond donors (Lipinski definition) is 1. The van der Waals surface area contributed by atoms with Crippen LogP contribution >= 0.6 is 11.6 Å². The van der Waals surface area contributed by atoms with Crippen molar-refractivity contribution >= 4 is 17.5 Å². The first kappa shape index (κ1) is 11.6. The molecule has 0 aliphatic carbocycles. The van der Waals surface area contributed by atoms with Gasteiger partial charge in [0.1, 0.15) is 5.69 Å². The maximum atomic E-state index is 12.4. The molecule has 0 radical (unpaired) electrons. The lowest BCUT2D eigenvalue weighted by Crippen LogP contribution is -2.13. The standard InChI is InChI=1S/C8H7ClF2N2O2/c1-15-6-4(9)3(8(12)14)2-13-5(6)7(10)11/h2,7H,1H3,(H2,12,14). The molecule has 0 aliphatic heterocycles. The highest BCUT2D eigenvalue weighted by molar-refractivity contribution is 6.35. The van der Waals surface area contributed by atoms with E-state index < -0.39 is 18.0 Å². The number of methoxy groups -OCH3 is 1. The number of aromatic nitrogens is 1. The Morgan fingerprint density at radius 2 is 2.27 bits per heavy atom. The second-order valence-electron chi connectivity index (χ2n) is 2.57. The number of ether oxygens (including phenoxy) is 1. The molecule has 0 aromatic carbocycles. The average Bonchev–Trinajstić information content (AvgIpc) is 2.16. The molecule has 0 saturated carbocycles. The van der Waals surface area contributed by atoms with Crippen molar-refractivity contribution in [1.82, 2.24) is 4.98 Å². The summed E-state index contributed by atoms with van der Waals surface area (Å²) in [7, 11) is 1.15. The molecule has 1 aromatic rings. The third kappa shape index (κ3) is 2.15. The number of amides is 1. The number of hydrogen-bond acceptors (Lipinski definition) is 3. The summed E-state index contributed by atoms with van der Waals surface area (Å²) in [5.74, 6) is -1.19. The number of primary amides is 1. The Balaban J connectivity index is 3.39. The summed E-state index contributed by atoms with van der Waals surface area (Å²) in [5.41, 5.74) is 4.19. The van der Waals surface area contributed by atoms with Gasteiger partial charge in [0.2, 0.25) is 0 Å². The summed E-state index contributed by atoms with van der Waals surface area (Å²) in [5, 5.41) is -0.254. The molecule has 0 atom stereocenters. The fourth-order valence-electron chi connectivity index (χ4n) is 1.01. The van der Waals surface area contributed by atoms with E-state index in [-0.39, 0.29) is 16.3 Å². The van der Waals surface area contributed by atoms with Gasteiger partial charge in [-0.1, -0.05) is 11.6 Å². The van der Waals surface area contributed by atoms with Gasteiger partial charge in [-0.3, -0.25) is 9.78 Å². The smallest absolute Gasteiger partial charge is 0.284 e. The Morgan fingerprint density at radius 3 is 2.67 bits per heavy atom. The Morgan fingerprint density at radius 1 is 1.67 bits per heavy atom. The van der Waals surface area contributed by atoms with Crippen molar-refractivity contribution < 1.29 is 18.3 Å². The number of nitrogens with zero attached hydrogens (tertiary/aromatic N) is 1. The summed E-state index contributed by atoms with van der Waals surface area (Å²) in [6.07, 6.45) is -1.94. The fraction of sp³-hybridized carbons (Fsp3) is 0.250. The first-order valence-electron chi connectivity index (χ1n) is 3.79. The summed E-state index contributed by atoms with van der Waals surface area (Å²) in [6.45, 7) is 0. The molecular weight excluding hydrogens is 230 g/mol. The van der Waals surface area contributed by atoms with Crippen LogP contribution in [0, 0.1) is 0 Å². The molecule has 4 nitrogen and oxygen atoms in total. The lowest BCUT2D eigenvalue weighted by molar-refractivity contribution is 0.0998. The molecular formula is C8H7ClF2N2O2. The SMILES string of the molecule is COc1c(C(F)F)ncc(C(N)=O)c1Cl. The largest absolute Gasteiger partial charge is 0.493 e. The first-order chi connectivity index (χ1) is 6.99. The zero-order chi connectivity index (χ0) is 11.6. The number of carbonyl (C=O) groups is 1. The van der Waals surface area contributed by atoms with Crippen LogP contribution < -0.4 is 10.5 Å². The van der Waals surface area contributed by atoms with Crippen molar-refractivity contribution in [2.24, 2.45) is 5.73 Å². The number of pyridine rings is 1. The highest BCUT2D eigenvalue weighted by Crippen LogP contribution is 2.35. The van der Waals surface area contributed by atoms with Gasteiger partial charge >= 0.3 is 0 Å². The molecule has 7 heteroatoms. The maximum Gasteiger partial charge on any atom is 0.284 e. The van der Waals surface area contributed by atoms with Gasteiger partial charge in [0, 0.05) is 6.20 Å². The Bertz CT molecular complexity index is 398. The minimum absolute atomic E-state index is 0.155. The predicted molar refractivity (Wildman–Crippen MR) is 49.3 cm³/mol. The normalized spacial score (nSPS) is 10.5. The Hall–Kier alpha value is -1.43. The number of halogens is 3. The maximum absolute atomic E-state index is 12.4. The number of alkyl halides is 2. The summed E-state index contributed by atoms with van der Waals surface area (Å²) < 4.78 is 29.5. The minimum Gasteiger partial charge on any atom is -0.493 e. The van der Waals surface area contributed by atoms with E-state index in [9.17, 15) is 13.6 Å². The van der Waals surface area contributed by atoms with Crippen molar-refractivity contribution in [3.8, 4) is 5.75 Å². The van der Waals surface area contributed by atoms with Gasteiger partial charge in [0.15, 0.2) is 5.75 Å². The fourth-order valence-corrected chi connectivity index (χ4v) is 1.32. The lowest BCUT2D eigenvalue weighted by atomic mass is 10.2. The van der Waals surface area contributed by atoms with Gasteiger partial charge < -0.3 is 10.5 Å². The van der Waals surface area contributed by atoms with Crippen LogP contribution in [0.15, 0.2) is 6.20 Å². The molecule has 0 bridgehead atoms. The van der Waals surface area contributed by atoms with Crippen molar-refractivity contribution in [1.29, 1.82) is 0 Å². The number of nitrogens with two attached hydrogens (primary N) is 1. The van der Waals surface area contributed by atoms with Gasteiger partial charge in [-0.2, -0.15) is 0 Å². The average molecular weight is 237 g/mol. The Labute approximate surface area is 89.0 Å². The van der Waals surface area contributed by atoms with E-state index >= 15 is 0 Å². The third-order valence-corrected chi connectivity index (χ3v) is 2.05. The molecule has 82 valence electrons. The molecule has 0 aliphatic rings. The molecule has 1 heterocycles. The molecule has 1 amide bonds. The van der Waals surface area contributed by atoms with Crippen LogP contribution in [-0.2, 0) is 0 Å². The molecule has 2 N–H and O–H groups in total. The van der Waals surface area contributed by atoms with Crippen LogP contribution in [0.4, 0.5) is 8.78 Å². The minimum atomic E-state index is -2.83. The van der Waals surface area contributed by atoms with Crippen molar-refractivity contribution in [2.75, 3.05) is 7.11 Å². The number of carbonyl (C=O) groups excluding carboxylic acids is 1. The molecule has 1 aromatic heterocycles. The van der Waals surface area contributed by atoms with E-state index in [0.717, 1.165) is 13.3 Å². The summed E-state index contributed by atoms with van der Waals surface area (Å²) in [6, 6.07) is 0. The van der Waals surface area contributed by atoms with Crippen LogP contribution in [0.2, 0.25) is 5.02 Å². The zero-order valence-corrected chi connectivity index (χ0v) is 8.39. The quantitative estimate of drug-likeness (QED) is 0.870. The van der Waals surface area contributed by atoms with E-state index in [1.54, 1.807) is 0 Å². The summed E-state index contributed by atoms with van der Waals surface area (Å²) >= 11 is 5.65. The zero-order valence-electron chi connectivity index (χ0n) is 7.63. The van der Waals surface area contributed by atoms with E-state index in [2.05, 4.69) is 9.72 Å². The topological polar surface area (TPSA) is 65.2 Å². The first-order valence-corrected chi connectivity index (χ1v) is 4.17. The van der Waals surface area contributed by atoms with Crippen molar-refractivity contribution in [3.63, 3.8) is 0 Å². The van der Waals surface area contributed by atoms with Crippen molar-refractivity contribution in [3.05, 3.63) is 22.5 Å². The lowest BCUT2D eigenvalue weighted by Gasteiger charge is -2.10. The van der Waals surface area contributed by atoms with Gasteiger partial charge in [0.25, 0.3) is 12.3 Å². The molecule has 1 rings (SSSR count). The van der Waals surface area contributed by atoms with E-state index in [4.69, 9.17) is 17.3 Å². The molecule has 0 unspecified atom stereocenters. The van der Waals surface area contributed by atoms with E-state index in [0.29, 0.717) is 0 Å². The molecule has 0 fully saturated rings. The van der Waals surface area contributed by atoms with Crippen LogP contribution in [0.3, 0.4) is 0 Å². The van der Waals surface area contributed by atoms with Gasteiger partial charge in [-0.25, -0.2) is 8.78 Å².